The van der Waals surface area contributed by atoms with E-state index in [-0.39, 0.29) is 19.4 Å². The molecule has 2 aromatic rings. The number of sulfone groups is 1. The number of Topliss-reactive ketones (excluding diaryl/α,β-unsaturated/α-hetero) is 1. The summed E-state index contributed by atoms with van der Waals surface area (Å²) in [6.07, 6.45) is 3.39. The number of ether oxygens (including phenoxy) is 3. The van der Waals surface area contributed by atoms with Gasteiger partial charge in [-0.2, -0.15) is 0 Å². The molecule has 4 atom stereocenters. The number of rotatable bonds is 10. The van der Waals surface area contributed by atoms with Gasteiger partial charge in [-0.25, -0.2) is 13.2 Å². The number of amides is 2. The maximum Gasteiger partial charge on any atom is 0.411 e. The van der Waals surface area contributed by atoms with E-state index in [1.54, 1.807) is 58.4 Å². The number of likely N-dealkylation sites (tertiary alicyclic amines) is 1. The van der Waals surface area contributed by atoms with Crippen LogP contribution in [-0.4, -0.2) is 84.0 Å². The lowest BCUT2D eigenvalue weighted by atomic mass is 10.1. The van der Waals surface area contributed by atoms with Crippen LogP contribution in [0.15, 0.2) is 43.1 Å². The van der Waals surface area contributed by atoms with Crippen molar-refractivity contribution in [3.63, 3.8) is 0 Å². The first kappa shape index (κ1) is 29.8. The molecule has 3 fully saturated rings. The first-order chi connectivity index (χ1) is 19.8. The van der Waals surface area contributed by atoms with Crippen LogP contribution in [0, 0.1) is 5.92 Å². The molecule has 2 amide bonds. The monoisotopic (exact) mass is 599 g/mol. The highest BCUT2D eigenvalue weighted by molar-refractivity contribution is 7.93. The van der Waals surface area contributed by atoms with Crippen LogP contribution in [0.2, 0.25) is 0 Å². The van der Waals surface area contributed by atoms with Gasteiger partial charge in [0.05, 0.1) is 24.4 Å². The summed E-state index contributed by atoms with van der Waals surface area (Å²) in [4.78, 5) is 46.0. The van der Waals surface area contributed by atoms with Gasteiger partial charge in [-0.05, 0) is 58.2 Å². The Hall–Kier alpha value is -3.67. The van der Waals surface area contributed by atoms with Crippen LogP contribution in [0.1, 0.15) is 46.5 Å². The number of pyridine rings is 1. The molecule has 2 aliphatic carbocycles. The number of ketones is 1. The fraction of sp³-hybridized carbons (Fsp3) is 0.533. The first-order valence-electron chi connectivity index (χ1n) is 14.0. The Morgan fingerprint density at radius 2 is 1.95 bits per heavy atom. The van der Waals surface area contributed by atoms with Gasteiger partial charge in [-0.3, -0.25) is 19.5 Å². The van der Waals surface area contributed by atoms with Gasteiger partial charge in [0, 0.05) is 30.0 Å². The lowest BCUT2D eigenvalue weighted by Gasteiger charge is -2.29. The van der Waals surface area contributed by atoms with Crippen molar-refractivity contribution in [2.45, 2.75) is 75.0 Å². The summed E-state index contributed by atoms with van der Waals surface area (Å²) in [6, 6.07) is 6.11. The molecule has 2 heterocycles. The highest BCUT2D eigenvalue weighted by Crippen LogP contribution is 2.46. The van der Waals surface area contributed by atoms with Crippen LogP contribution in [-0.2, 0) is 24.2 Å². The Kier molecular flexibility index (Phi) is 7.71. The van der Waals surface area contributed by atoms with Gasteiger partial charge in [0.2, 0.25) is 5.91 Å². The molecule has 1 aromatic heterocycles. The minimum absolute atomic E-state index is 0.0643. The van der Waals surface area contributed by atoms with E-state index >= 15 is 0 Å². The summed E-state index contributed by atoms with van der Waals surface area (Å²) < 4.78 is 42.4. The molecule has 1 aliphatic heterocycles. The van der Waals surface area contributed by atoms with E-state index in [0.29, 0.717) is 29.9 Å². The Morgan fingerprint density at radius 3 is 2.57 bits per heavy atom. The van der Waals surface area contributed by atoms with Gasteiger partial charge < -0.3 is 19.5 Å². The predicted octanol–water partition coefficient (Wildman–Crippen LogP) is 3.21. The standard InChI is InChI=1S/C30H37N3O8S/c1-6-18-15-30(18,26(34)17-42(37,38)21-8-9-21)32-27(35)24-14-20(16-33(24)28(36)41-29(2,3)4)40-25-11-12-31-23-13-19(39-5)7-10-22(23)25/h6-7,10-13,18,20-21,24H,1,8-9,14-17H2,2-5H3,(H,32,35)/t18-,20-,24+,30-/m1/s1. The van der Waals surface area contributed by atoms with E-state index in [4.69, 9.17) is 14.2 Å². The summed E-state index contributed by atoms with van der Waals surface area (Å²) >= 11 is 0. The van der Waals surface area contributed by atoms with Crippen molar-refractivity contribution >= 4 is 38.5 Å². The van der Waals surface area contributed by atoms with Crippen molar-refractivity contribution in [1.82, 2.24) is 15.2 Å². The summed E-state index contributed by atoms with van der Waals surface area (Å²) in [5, 5.41) is 3.06. The van der Waals surface area contributed by atoms with Crippen molar-refractivity contribution in [3.05, 3.63) is 43.1 Å². The van der Waals surface area contributed by atoms with E-state index in [1.165, 1.54) is 4.90 Å². The Balaban J connectivity index is 1.37. The third kappa shape index (κ3) is 6.08. The van der Waals surface area contributed by atoms with Gasteiger partial charge in [0.1, 0.15) is 40.5 Å². The molecule has 1 N–H and O–H groups in total. The number of aromatic nitrogens is 1. The Labute approximate surface area is 245 Å². The van der Waals surface area contributed by atoms with Crippen LogP contribution < -0.4 is 14.8 Å². The third-order valence-electron chi connectivity index (χ3n) is 7.90. The molecule has 226 valence electrons. The molecule has 1 aromatic carbocycles. The smallest absolute Gasteiger partial charge is 0.411 e. The second-order valence-electron chi connectivity index (χ2n) is 12.3. The molecule has 0 spiro atoms. The average molecular weight is 600 g/mol. The largest absolute Gasteiger partial charge is 0.497 e. The molecular formula is C30H37N3O8S. The van der Waals surface area contributed by atoms with Crippen LogP contribution in [0.25, 0.3) is 10.9 Å². The lowest BCUT2D eigenvalue weighted by Crippen LogP contribution is -2.54. The number of hydrogen-bond donors (Lipinski definition) is 1. The molecule has 0 radical (unpaired) electrons. The maximum absolute atomic E-state index is 13.8. The molecule has 42 heavy (non-hydrogen) atoms. The maximum atomic E-state index is 13.8. The van der Waals surface area contributed by atoms with Gasteiger partial charge >= 0.3 is 6.09 Å². The molecule has 1 saturated heterocycles. The number of nitrogens with zero attached hydrogens (tertiary/aromatic N) is 2. The average Bonchev–Trinajstić information content (AvgIpc) is 3.84. The SMILES string of the molecule is C=C[C@@H]1C[C@]1(NC(=O)[C@@H]1C[C@@H](Oc2ccnc3cc(OC)ccc23)CN1C(=O)OC(C)(C)C)C(=O)CS(=O)(=O)C1CC1. The van der Waals surface area contributed by atoms with Crippen LogP contribution >= 0.6 is 0 Å². The summed E-state index contributed by atoms with van der Waals surface area (Å²) in [5.41, 5.74) is -1.51. The van der Waals surface area contributed by atoms with Crippen molar-refractivity contribution in [2.24, 2.45) is 5.92 Å². The Bertz CT molecular complexity index is 1530. The molecular weight excluding hydrogens is 562 g/mol. The minimum Gasteiger partial charge on any atom is -0.497 e. The lowest BCUT2D eigenvalue weighted by molar-refractivity contribution is -0.130. The van der Waals surface area contributed by atoms with Crippen LogP contribution in [0.5, 0.6) is 11.5 Å². The summed E-state index contributed by atoms with van der Waals surface area (Å²) in [6.45, 7) is 9.01. The number of carbonyl (C=O) groups is 3. The van der Waals surface area contributed by atoms with Gasteiger partial charge in [0.15, 0.2) is 15.6 Å². The molecule has 0 unspecified atom stereocenters. The number of methoxy groups -OCH3 is 1. The second kappa shape index (κ2) is 10.9. The van der Waals surface area contributed by atoms with E-state index in [1.807, 2.05) is 6.07 Å². The molecule has 5 rings (SSSR count). The van der Waals surface area contributed by atoms with Crippen molar-refractivity contribution in [2.75, 3.05) is 19.4 Å². The van der Waals surface area contributed by atoms with Crippen LogP contribution in [0.3, 0.4) is 0 Å². The summed E-state index contributed by atoms with van der Waals surface area (Å²) in [7, 11) is -2.01. The second-order valence-corrected chi connectivity index (χ2v) is 14.5. The highest BCUT2D eigenvalue weighted by atomic mass is 32.2. The van der Waals surface area contributed by atoms with Crippen molar-refractivity contribution < 1.29 is 37.0 Å². The zero-order valence-corrected chi connectivity index (χ0v) is 25.1. The minimum atomic E-state index is -3.58. The Morgan fingerprint density at radius 1 is 1.21 bits per heavy atom. The van der Waals surface area contributed by atoms with Gasteiger partial charge in [-0.1, -0.05) is 6.08 Å². The number of hydrogen-bond acceptors (Lipinski definition) is 9. The number of fused-ring (bicyclic) bond motifs is 1. The predicted molar refractivity (Wildman–Crippen MR) is 155 cm³/mol. The molecule has 11 nitrogen and oxygen atoms in total. The zero-order chi connectivity index (χ0) is 30.4. The van der Waals surface area contributed by atoms with E-state index in [9.17, 15) is 22.8 Å². The molecule has 0 bridgehead atoms. The van der Waals surface area contributed by atoms with Gasteiger partial charge in [-0.15, -0.1) is 6.58 Å². The summed E-state index contributed by atoms with van der Waals surface area (Å²) in [5.74, 6) is -0.976. The van der Waals surface area contributed by atoms with Crippen LogP contribution in [0.4, 0.5) is 4.79 Å². The van der Waals surface area contributed by atoms with Crippen molar-refractivity contribution in [3.8, 4) is 11.5 Å². The van der Waals surface area contributed by atoms with Gasteiger partial charge in [0.25, 0.3) is 0 Å². The highest BCUT2D eigenvalue weighted by Gasteiger charge is 2.61. The number of benzene rings is 1. The fourth-order valence-corrected chi connectivity index (χ4v) is 7.14. The number of nitrogens with one attached hydrogen (secondary N) is 1. The first-order valence-corrected chi connectivity index (χ1v) is 15.8. The van der Waals surface area contributed by atoms with E-state index < -0.39 is 67.8 Å². The third-order valence-corrected chi connectivity index (χ3v) is 10.1. The molecule has 3 aliphatic rings. The normalized spacial score (nSPS) is 25.5. The molecule has 12 heteroatoms. The fourth-order valence-electron chi connectivity index (χ4n) is 5.43. The topological polar surface area (TPSA) is 141 Å². The van der Waals surface area contributed by atoms with Crippen molar-refractivity contribution in [1.29, 1.82) is 0 Å². The zero-order valence-electron chi connectivity index (χ0n) is 24.3. The quantitative estimate of drug-likeness (QED) is 0.408. The van der Waals surface area contributed by atoms with E-state index in [0.717, 1.165) is 5.39 Å². The molecule has 2 saturated carbocycles. The number of carbonyl (C=O) groups excluding carboxylic acids is 3. The van der Waals surface area contributed by atoms with E-state index in [2.05, 4.69) is 16.9 Å².